The van der Waals surface area contributed by atoms with Crippen LogP contribution in [0.4, 0.5) is 6.01 Å². The summed E-state index contributed by atoms with van der Waals surface area (Å²) in [6.45, 7) is -0.529. The molecule has 3 aromatic rings. The smallest absolute Gasteiger partial charge is 0.331 e. The predicted octanol–water partition coefficient (Wildman–Crippen LogP) is 3.60. The Bertz CT molecular complexity index is 1100. The van der Waals surface area contributed by atoms with Crippen molar-refractivity contribution in [2.75, 3.05) is 26.1 Å². The predicted molar refractivity (Wildman–Crippen MR) is 113 cm³/mol. The molecule has 160 valence electrons. The lowest BCUT2D eigenvalue weighted by Crippen LogP contribution is -2.20. The number of esters is 1. The first-order valence-electron chi connectivity index (χ1n) is 8.95. The lowest BCUT2D eigenvalue weighted by molar-refractivity contribution is -0.142. The van der Waals surface area contributed by atoms with Gasteiger partial charge in [-0.1, -0.05) is 34.9 Å². The number of aromatic nitrogens is 2. The summed E-state index contributed by atoms with van der Waals surface area (Å²) in [5.74, 6) is -0.297. The summed E-state index contributed by atoms with van der Waals surface area (Å²) in [4.78, 5) is 23.8. The summed E-state index contributed by atoms with van der Waals surface area (Å²) in [7, 11) is 2.94. The van der Waals surface area contributed by atoms with E-state index in [9.17, 15) is 9.59 Å². The SMILES string of the molecule is COc1cc(C=CC(=O)OCC(=O)Nc2nnc(-c3ccccc3)o2)cc(Cl)c1OC. The Hall–Kier alpha value is -3.85. The van der Waals surface area contributed by atoms with Gasteiger partial charge in [-0.25, -0.2) is 4.79 Å². The third kappa shape index (κ3) is 5.83. The number of amides is 1. The Labute approximate surface area is 182 Å². The van der Waals surface area contributed by atoms with Crippen LogP contribution in [0, 0.1) is 0 Å². The van der Waals surface area contributed by atoms with E-state index in [1.54, 1.807) is 24.3 Å². The molecule has 31 heavy (non-hydrogen) atoms. The Morgan fingerprint density at radius 1 is 1.13 bits per heavy atom. The Balaban J connectivity index is 1.52. The molecule has 1 aromatic heterocycles. The Morgan fingerprint density at radius 2 is 1.90 bits per heavy atom. The zero-order valence-corrected chi connectivity index (χ0v) is 17.4. The van der Waals surface area contributed by atoms with Gasteiger partial charge in [0.05, 0.1) is 19.2 Å². The molecule has 9 nitrogen and oxygen atoms in total. The molecule has 0 spiro atoms. The van der Waals surface area contributed by atoms with Crippen molar-refractivity contribution in [3.8, 4) is 23.0 Å². The number of benzene rings is 2. The van der Waals surface area contributed by atoms with Crippen LogP contribution in [-0.2, 0) is 14.3 Å². The van der Waals surface area contributed by atoms with Crippen molar-refractivity contribution in [1.82, 2.24) is 10.2 Å². The minimum Gasteiger partial charge on any atom is -0.493 e. The largest absolute Gasteiger partial charge is 0.493 e. The monoisotopic (exact) mass is 443 g/mol. The van der Waals surface area contributed by atoms with Gasteiger partial charge >= 0.3 is 12.0 Å². The standard InChI is InChI=1S/C21H18ClN3O6/c1-28-16-11-13(10-15(22)19(16)29-2)8-9-18(27)30-12-17(26)23-21-25-24-20(31-21)14-6-4-3-5-7-14/h3-11H,12H2,1-2H3,(H,23,25,26). The summed E-state index contributed by atoms with van der Waals surface area (Å²) in [6.07, 6.45) is 2.63. The summed E-state index contributed by atoms with van der Waals surface area (Å²) < 4.78 is 20.6. The summed E-state index contributed by atoms with van der Waals surface area (Å²) in [6, 6.07) is 12.2. The van der Waals surface area contributed by atoms with Crippen LogP contribution in [-0.4, -0.2) is 42.9 Å². The van der Waals surface area contributed by atoms with Crippen molar-refractivity contribution in [1.29, 1.82) is 0 Å². The fraction of sp³-hybridized carbons (Fsp3) is 0.143. The van der Waals surface area contributed by atoms with Gasteiger partial charge in [0.25, 0.3) is 5.91 Å². The molecule has 1 heterocycles. The van der Waals surface area contributed by atoms with Crippen LogP contribution < -0.4 is 14.8 Å². The topological polar surface area (TPSA) is 113 Å². The number of carbonyl (C=O) groups excluding carboxylic acids is 2. The summed E-state index contributed by atoms with van der Waals surface area (Å²) >= 11 is 6.12. The fourth-order valence-corrected chi connectivity index (χ4v) is 2.81. The number of hydrogen-bond acceptors (Lipinski definition) is 8. The van der Waals surface area contributed by atoms with Crippen molar-refractivity contribution in [3.05, 3.63) is 59.1 Å². The van der Waals surface area contributed by atoms with Gasteiger partial charge in [0.15, 0.2) is 18.1 Å². The quantitative estimate of drug-likeness (QED) is 0.415. The second kappa shape index (κ2) is 10.3. The van der Waals surface area contributed by atoms with E-state index in [4.69, 9.17) is 30.2 Å². The van der Waals surface area contributed by atoms with Gasteiger partial charge in [-0.05, 0) is 35.9 Å². The molecule has 0 aliphatic rings. The van der Waals surface area contributed by atoms with Crippen molar-refractivity contribution < 1.29 is 28.2 Å². The highest BCUT2D eigenvalue weighted by Gasteiger charge is 2.13. The average Bonchev–Trinajstić information content (AvgIpc) is 3.24. The molecule has 0 unspecified atom stereocenters. The lowest BCUT2D eigenvalue weighted by atomic mass is 10.2. The maximum Gasteiger partial charge on any atom is 0.331 e. The van der Waals surface area contributed by atoms with Crippen molar-refractivity contribution >= 4 is 35.6 Å². The van der Waals surface area contributed by atoms with Gasteiger partial charge in [-0.3, -0.25) is 10.1 Å². The average molecular weight is 444 g/mol. The Kier molecular flexibility index (Phi) is 7.23. The molecule has 0 saturated carbocycles. The van der Waals surface area contributed by atoms with Crippen LogP contribution in [0.15, 0.2) is 53.0 Å². The van der Waals surface area contributed by atoms with E-state index >= 15 is 0 Å². The molecule has 0 radical (unpaired) electrons. The van der Waals surface area contributed by atoms with Crippen molar-refractivity contribution in [2.24, 2.45) is 0 Å². The van der Waals surface area contributed by atoms with E-state index in [1.807, 2.05) is 18.2 Å². The zero-order valence-electron chi connectivity index (χ0n) is 16.6. The third-order valence-electron chi connectivity index (χ3n) is 3.91. The van der Waals surface area contributed by atoms with E-state index in [0.29, 0.717) is 27.6 Å². The van der Waals surface area contributed by atoms with Gasteiger partial charge in [-0.2, -0.15) is 0 Å². The molecule has 0 bridgehead atoms. The van der Waals surface area contributed by atoms with E-state index in [-0.39, 0.29) is 11.9 Å². The second-order valence-electron chi connectivity index (χ2n) is 6.01. The van der Waals surface area contributed by atoms with E-state index in [0.717, 1.165) is 6.08 Å². The zero-order chi connectivity index (χ0) is 22.2. The number of hydrogen-bond donors (Lipinski definition) is 1. The molecule has 0 aliphatic carbocycles. The number of halogens is 1. The maximum absolute atomic E-state index is 11.9. The maximum atomic E-state index is 11.9. The number of methoxy groups -OCH3 is 2. The first kappa shape index (κ1) is 21.8. The molecule has 1 N–H and O–H groups in total. The van der Waals surface area contributed by atoms with Crippen molar-refractivity contribution in [2.45, 2.75) is 0 Å². The highest BCUT2D eigenvalue weighted by molar-refractivity contribution is 6.32. The second-order valence-corrected chi connectivity index (χ2v) is 6.41. The highest BCUT2D eigenvalue weighted by Crippen LogP contribution is 2.36. The van der Waals surface area contributed by atoms with Gasteiger partial charge in [0.2, 0.25) is 5.89 Å². The third-order valence-corrected chi connectivity index (χ3v) is 4.19. The molecule has 0 saturated heterocycles. The molecule has 0 fully saturated rings. The number of ether oxygens (including phenoxy) is 3. The number of nitrogens with zero attached hydrogens (tertiary/aromatic N) is 2. The highest BCUT2D eigenvalue weighted by atomic mass is 35.5. The fourth-order valence-electron chi connectivity index (χ4n) is 2.51. The minimum absolute atomic E-state index is 0.101. The normalized spacial score (nSPS) is 10.7. The van der Waals surface area contributed by atoms with Gasteiger partial charge < -0.3 is 18.6 Å². The summed E-state index contributed by atoms with van der Waals surface area (Å²) in [5, 5.41) is 10.3. The molecule has 3 rings (SSSR count). The van der Waals surface area contributed by atoms with Crippen LogP contribution in [0.5, 0.6) is 11.5 Å². The van der Waals surface area contributed by atoms with Crippen LogP contribution in [0.1, 0.15) is 5.56 Å². The minimum atomic E-state index is -0.725. The van der Waals surface area contributed by atoms with Gasteiger partial charge in [0.1, 0.15) is 0 Å². The van der Waals surface area contributed by atoms with Crippen LogP contribution in [0.25, 0.3) is 17.5 Å². The lowest BCUT2D eigenvalue weighted by Gasteiger charge is -2.10. The molecule has 2 aromatic carbocycles. The number of nitrogens with one attached hydrogen (secondary N) is 1. The number of carbonyl (C=O) groups is 2. The molecule has 10 heteroatoms. The van der Waals surface area contributed by atoms with Gasteiger partial charge in [-0.15, -0.1) is 5.10 Å². The number of anilines is 1. The molecule has 1 amide bonds. The van der Waals surface area contributed by atoms with Crippen molar-refractivity contribution in [3.63, 3.8) is 0 Å². The van der Waals surface area contributed by atoms with E-state index < -0.39 is 18.5 Å². The molecular formula is C21H18ClN3O6. The number of rotatable bonds is 8. The van der Waals surface area contributed by atoms with E-state index in [2.05, 4.69) is 15.5 Å². The van der Waals surface area contributed by atoms with Crippen LogP contribution in [0.3, 0.4) is 0 Å². The summed E-state index contributed by atoms with van der Waals surface area (Å²) in [5.41, 5.74) is 1.30. The molecule has 0 aliphatic heterocycles. The molecule has 0 atom stereocenters. The molecular weight excluding hydrogens is 426 g/mol. The first-order chi connectivity index (χ1) is 15.0. The van der Waals surface area contributed by atoms with Crippen LogP contribution in [0.2, 0.25) is 5.02 Å². The van der Waals surface area contributed by atoms with Crippen LogP contribution >= 0.6 is 11.6 Å². The van der Waals surface area contributed by atoms with Gasteiger partial charge in [0, 0.05) is 11.6 Å². The Morgan fingerprint density at radius 3 is 2.61 bits per heavy atom. The first-order valence-corrected chi connectivity index (χ1v) is 9.33. The van der Waals surface area contributed by atoms with E-state index in [1.165, 1.54) is 20.3 Å².